The minimum absolute atomic E-state index is 0.253. The quantitative estimate of drug-likeness (QED) is 0.740. The summed E-state index contributed by atoms with van der Waals surface area (Å²) in [6, 6.07) is 10.3. The van der Waals surface area contributed by atoms with Crippen LogP contribution in [0.5, 0.6) is 0 Å². The van der Waals surface area contributed by atoms with Gasteiger partial charge in [-0.15, -0.1) is 0 Å². The van der Waals surface area contributed by atoms with Crippen LogP contribution in [0.15, 0.2) is 30.3 Å². The molecule has 0 N–H and O–H groups in total. The van der Waals surface area contributed by atoms with Crippen molar-refractivity contribution in [3.63, 3.8) is 0 Å². The molecule has 0 radical (unpaired) electrons. The molecule has 0 atom stereocenters. The lowest BCUT2D eigenvalue weighted by molar-refractivity contribution is 0.0868. The highest BCUT2D eigenvalue weighted by Crippen LogP contribution is 2.22. The van der Waals surface area contributed by atoms with Crippen LogP contribution in [0.25, 0.3) is 0 Å². The average molecular weight is 245 g/mol. The van der Waals surface area contributed by atoms with E-state index in [4.69, 9.17) is 0 Å². The fourth-order valence-electron chi connectivity index (χ4n) is 2.85. The maximum absolute atomic E-state index is 12.2. The molecule has 1 aromatic rings. The molecule has 0 bridgehead atoms. The minimum Gasteiger partial charge on any atom is -0.293 e. The van der Waals surface area contributed by atoms with Gasteiger partial charge >= 0.3 is 0 Å². The molecule has 1 aliphatic carbocycles. The number of Topliss-reactive ketones (excluding diaryl/α,β-unsaturated/α-hetero) is 1. The summed E-state index contributed by atoms with van der Waals surface area (Å²) in [6.45, 7) is 3.71. The molecule has 1 aliphatic rings. The summed E-state index contributed by atoms with van der Waals surface area (Å²) in [7, 11) is 0. The second-order valence-electron chi connectivity index (χ2n) is 5.14. The fraction of sp³-hybridized carbons (Fsp3) is 0.562. The van der Waals surface area contributed by atoms with Crippen LogP contribution in [0.2, 0.25) is 0 Å². The van der Waals surface area contributed by atoms with E-state index < -0.39 is 0 Å². The summed E-state index contributed by atoms with van der Waals surface area (Å²) in [5, 5.41) is 0. The number of hydrogen-bond acceptors (Lipinski definition) is 2. The third-order valence-electron chi connectivity index (χ3n) is 3.94. The van der Waals surface area contributed by atoms with E-state index in [1.165, 1.54) is 32.1 Å². The standard InChI is InChI=1S/C16H23NO/c1-2-17(15-11-7-4-8-12-15)13-16(18)14-9-5-3-6-10-14/h3,5-6,9-10,15H,2,4,7-8,11-13H2,1H3. The van der Waals surface area contributed by atoms with E-state index in [-0.39, 0.29) is 5.78 Å². The lowest BCUT2D eigenvalue weighted by Gasteiger charge is -2.32. The highest BCUT2D eigenvalue weighted by Gasteiger charge is 2.21. The number of likely N-dealkylation sites (N-methyl/N-ethyl adjacent to an activating group) is 1. The molecule has 0 saturated heterocycles. The molecule has 1 saturated carbocycles. The van der Waals surface area contributed by atoms with E-state index in [0.29, 0.717) is 12.6 Å². The molecule has 0 aliphatic heterocycles. The van der Waals surface area contributed by atoms with Crippen molar-refractivity contribution in [1.29, 1.82) is 0 Å². The van der Waals surface area contributed by atoms with Crippen LogP contribution in [0.4, 0.5) is 0 Å². The molecule has 0 heterocycles. The Morgan fingerprint density at radius 2 is 1.83 bits per heavy atom. The van der Waals surface area contributed by atoms with Gasteiger partial charge in [-0.2, -0.15) is 0 Å². The Morgan fingerprint density at radius 1 is 1.17 bits per heavy atom. The van der Waals surface area contributed by atoms with Gasteiger partial charge in [0.05, 0.1) is 6.54 Å². The Balaban J connectivity index is 1.95. The first-order chi connectivity index (χ1) is 8.81. The molecule has 1 fully saturated rings. The topological polar surface area (TPSA) is 20.3 Å². The highest BCUT2D eigenvalue weighted by molar-refractivity contribution is 5.97. The van der Waals surface area contributed by atoms with Gasteiger partial charge in [0.15, 0.2) is 5.78 Å². The Kier molecular flexibility index (Phi) is 4.94. The van der Waals surface area contributed by atoms with Gasteiger partial charge in [-0.05, 0) is 19.4 Å². The largest absolute Gasteiger partial charge is 0.293 e. The maximum Gasteiger partial charge on any atom is 0.176 e. The van der Waals surface area contributed by atoms with E-state index in [1.807, 2.05) is 30.3 Å². The highest BCUT2D eigenvalue weighted by atomic mass is 16.1. The number of carbonyl (C=O) groups is 1. The van der Waals surface area contributed by atoms with E-state index in [0.717, 1.165) is 12.1 Å². The monoisotopic (exact) mass is 245 g/mol. The first-order valence-corrected chi connectivity index (χ1v) is 7.13. The van der Waals surface area contributed by atoms with Gasteiger partial charge in [0, 0.05) is 11.6 Å². The summed E-state index contributed by atoms with van der Waals surface area (Å²) in [5.41, 5.74) is 0.840. The molecule has 0 spiro atoms. The summed E-state index contributed by atoms with van der Waals surface area (Å²) in [6.07, 6.45) is 6.52. The van der Waals surface area contributed by atoms with Crippen LogP contribution in [-0.4, -0.2) is 29.8 Å². The minimum atomic E-state index is 0.253. The van der Waals surface area contributed by atoms with Crippen molar-refractivity contribution in [1.82, 2.24) is 4.90 Å². The van der Waals surface area contributed by atoms with Crippen molar-refractivity contribution in [2.45, 2.75) is 45.1 Å². The van der Waals surface area contributed by atoms with Gasteiger partial charge in [-0.25, -0.2) is 0 Å². The predicted molar refractivity (Wildman–Crippen MR) is 74.9 cm³/mol. The Morgan fingerprint density at radius 3 is 2.44 bits per heavy atom. The molecule has 0 unspecified atom stereocenters. The van der Waals surface area contributed by atoms with E-state index in [1.54, 1.807) is 0 Å². The van der Waals surface area contributed by atoms with Gasteiger partial charge in [-0.3, -0.25) is 9.69 Å². The molecule has 18 heavy (non-hydrogen) atoms. The first kappa shape index (κ1) is 13.3. The van der Waals surface area contributed by atoms with E-state index in [2.05, 4.69) is 11.8 Å². The third kappa shape index (κ3) is 3.42. The zero-order valence-corrected chi connectivity index (χ0v) is 11.3. The number of nitrogens with zero attached hydrogens (tertiary/aromatic N) is 1. The van der Waals surface area contributed by atoms with Crippen molar-refractivity contribution in [3.05, 3.63) is 35.9 Å². The molecule has 0 aromatic heterocycles. The van der Waals surface area contributed by atoms with Crippen LogP contribution in [0.3, 0.4) is 0 Å². The van der Waals surface area contributed by atoms with Gasteiger partial charge in [0.2, 0.25) is 0 Å². The van der Waals surface area contributed by atoms with E-state index >= 15 is 0 Å². The molecular formula is C16H23NO. The summed E-state index contributed by atoms with van der Waals surface area (Å²) >= 11 is 0. The summed E-state index contributed by atoms with van der Waals surface area (Å²) in [5.74, 6) is 0.253. The van der Waals surface area contributed by atoms with Gasteiger partial charge in [0.25, 0.3) is 0 Å². The van der Waals surface area contributed by atoms with Gasteiger partial charge < -0.3 is 0 Å². The molecule has 98 valence electrons. The van der Waals surface area contributed by atoms with Gasteiger partial charge in [-0.1, -0.05) is 56.5 Å². The number of carbonyl (C=O) groups excluding carboxylic acids is 1. The number of ketones is 1. The Bertz CT molecular complexity index is 368. The first-order valence-electron chi connectivity index (χ1n) is 7.13. The summed E-state index contributed by atoms with van der Waals surface area (Å²) in [4.78, 5) is 14.6. The van der Waals surface area contributed by atoms with Crippen LogP contribution in [0.1, 0.15) is 49.4 Å². The lowest BCUT2D eigenvalue weighted by atomic mass is 9.94. The third-order valence-corrected chi connectivity index (χ3v) is 3.94. The van der Waals surface area contributed by atoms with Crippen molar-refractivity contribution in [3.8, 4) is 0 Å². The molecule has 2 rings (SSSR count). The lowest BCUT2D eigenvalue weighted by Crippen LogP contribution is -2.40. The van der Waals surface area contributed by atoms with Crippen LogP contribution in [0, 0.1) is 0 Å². The number of rotatable bonds is 5. The zero-order valence-electron chi connectivity index (χ0n) is 11.3. The predicted octanol–water partition coefficient (Wildman–Crippen LogP) is 3.52. The average Bonchev–Trinajstić information content (AvgIpc) is 2.46. The van der Waals surface area contributed by atoms with Crippen LogP contribution >= 0.6 is 0 Å². The molecule has 1 aromatic carbocycles. The second-order valence-corrected chi connectivity index (χ2v) is 5.14. The molecular weight excluding hydrogens is 222 g/mol. The normalized spacial score (nSPS) is 17.0. The van der Waals surface area contributed by atoms with Gasteiger partial charge in [0.1, 0.15) is 0 Å². The second kappa shape index (κ2) is 6.69. The molecule has 0 amide bonds. The smallest absolute Gasteiger partial charge is 0.176 e. The molecule has 2 heteroatoms. The fourth-order valence-corrected chi connectivity index (χ4v) is 2.85. The SMILES string of the molecule is CCN(CC(=O)c1ccccc1)C1CCCCC1. The Labute approximate surface area is 110 Å². The van der Waals surface area contributed by atoms with Crippen molar-refractivity contribution in [2.24, 2.45) is 0 Å². The maximum atomic E-state index is 12.2. The van der Waals surface area contributed by atoms with E-state index in [9.17, 15) is 4.79 Å². The molecule has 2 nitrogen and oxygen atoms in total. The summed E-state index contributed by atoms with van der Waals surface area (Å²) < 4.78 is 0. The Hall–Kier alpha value is -1.15. The van der Waals surface area contributed by atoms with Crippen LogP contribution < -0.4 is 0 Å². The van der Waals surface area contributed by atoms with Crippen molar-refractivity contribution >= 4 is 5.78 Å². The van der Waals surface area contributed by atoms with Crippen molar-refractivity contribution in [2.75, 3.05) is 13.1 Å². The van der Waals surface area contributed by atoms with Crippen LogP contribution in [-0.2, 0) is 0 Å². The number of hydrogen-bond donors (Lipinski definition) is 0. The zero-order chi connectivity index (χ0) is 12.8. The number of benzene rings is 1. The van der Waals surface area contributed by atoms with Crippen molar-refractivity contribution < 1.29 is 4.79 Å².